The number of hydrogen-bond donors (Lipinski definition) is 0. The zero-order chi connectivity index (χ0) is 24.4. The van der Waals surface area contributed by atoms with Crippen LogP contribution in [0.25, 0.3) is 10.9 Å². The minimum atomic E-state index is -3.79. The third-order valence-corrected chi connectivity index (χ3v) is 8.87. The molecule has 0 saturated carbocycles. The van der Waals surface area contributed by atoms with E-state index < -0.39 is 16.2 Å². The molecular formula is C27H25N3O3S2. The summed E-state index contributed by atoms with van der Waals surface area (Å²) in [6.45, 7) is 2.48. The van der Waals surface area contributed by atoms with Gasteiger partial charge in [-0.25, -0.2) is 13.4 Å². The molecule has 0 radical (unpaired) electrons. The Morgan fingerprint density at radius 2 is 1.63 bits per heavy atom. The van der Waals surface area contributed by atoms with Crippen LogP contribution in [0.15, 0.2) is 101 Å². The van der Waals surface area contributed by atoms with E-state index in [0.717, 1.165) is 27.1 Å². The molecule has 3 aromatic carbocycles. The van der Waals surface area contributed by atoms with Gasteiger partial charge in [0.25, 0.3) is 0 Å². The van der Waals surface area contributed by atoms with Crippen molar-refractivity contribution in [2.75, 3.05) is 18.8 Å². The van der Waals surface area contributed by atoms with Gasteiger partial charge >= 0.3 is 0 Å². The smallest absolute Gasteiger partial charge is 0.245 e. The van der Waals surface area contributed by atoms with Crippen molar-refractivity contribution in [3.8, 4) is 0 Å². The molecule has 0 bridgehead atoms. The first-order valence-electron chi connectivity index (χ1n) is 11.3. The van der Waals surface area contributed by atoms with Crippen LogP contribution in [0.3, 0.4) is 0 Å². The summed E-state index contributed by atoms with van der Waals surface area (Å²) in [5.41, 5.74) is 2.63. The number of benzene rings is 3. The molecule has 178 valence electrons. The maximum absolute atomic E-state index is 13.6. The van der Waals surface area contributed by atoms with Crippen LogP contribution >= 0.6 is 11.8 Å². The first kappa shape index (κ1) is 23.5. The van der Waals surface area contributed by atoms with E-state index in [4.69, 9.17) is 0 Å². The van der Waals surface area contributed by atoms with Crippen LogP contribution in [0.2, 0.25) is 0 Å². The lowest BCUT2D eigenvalue weighted by Crippen LogP contribution is -2.38. The number of carbonyl (C=O) groups is 1. The Balaban J connectivity index is 1.40. The second-order valence-corrected chi connectivity index (χ2v) is 11.3. The summed E-state index contributed by atoms with van der Waals surface area (Å²) in [6, 6.07) is 27.9. The van der Waals surface area contributed by atoms with Crippen LogP contribution in [0.4, 0.5) is 0 Å². The summed E-state index contributed by atoms with van der Waals surface area (Å²) < 4.78 is 28.6. The Morgan fingerprint density at radius 1 is 0.914 bits per heavy atom. The second kappa shape index (κ2) is 9.81. The van der Waals surface area contributed by atoms with Crippen molar-refractivity contribution in [1.82, 2.24) is 14.2 Å². The van der Waals surface area contributed by atoms with Gasteiger partial charge in [-0.3, -0.25) is 4.79 Å². The SMILES string of the molecule is Cc1ccc(S(=O)(=O)N2CCN(C(=O)CSc3ccc4ccccc4n3)[C@@H]2c2ccccc2)cc1. The van der Waals surface area contributed by atoms with Gasteiger partial charge in [-0.1, -0.05) is 84.1 Å². The quantitative estimate of drug-likeness (QED) is 0.351. The van der Waals surface area contributed by atoms with E-state index in [1.54, 1.807) is 29.2 Å². The fourth-order valence-corrected chi connectivity index (χ4v) is 6.62. The molecule has 5 rings (SSSR count). The minimum absolute atomic E-state index is 0.125. The highest BCUT2D eigenvalue weighted by Gasteiger charge is 2.43. The van der Waals surface area contributed by atoms with Gasteiger partial charge in [-0.15, -0.1) is 0 Å². The molecule has 6 nitrogen and oxygen atoms in total. The van der Waals surface area contributed by atoms with E-state index in [1.807, 2.05) is 73.7 Å². The van der Waals surface area contributed by atoms with Gasteiger partial charge in [0.05, 0.1) is 21.2 Å². The number of thioether (sulfide) groups is 1. The van der Waals surface area contributed by atoms with Gasteiger partial charge in [0.15, 0.2) is 0 Å². The Morgan fingerprint density at radius 3 is 2.40 bits per heavy atom. The Hall–Kier alpha value is -3.20. The lowest BCUT2D eigenvalue weighted by Gasteiger charge is -2.30. The largest absolute Gasteiger partial charge is 0.320 e. The Kier molecular flexibility index (Phi) is 6.60. The Labute approximate surface area is 209 Å². The molecule has 1 saturated heterocycles. The van der Waals surface area contributed by atoms with Crippen LogP contribution in [0.1, 0.15) is 17.3 Å². The van der Waals surface area contributed by atoms with Gasteiger partial charge in [0, 0.05) is 18.5 Å². The zero-order valence-electron chi connectivity index (χ0n) is 19.2. The van der Waals surface area contributed by atoms with Crippen molar-refractivity contribution in [2.24, 2.45) is 0 Å². The van der Waals surface area contributed by atoms with E-state index >= 15 is 0 Å². The summed E-state index contributed by atoms with van der Waals surface area (Å²) in [5.74, 6) is 0.0491. The number of pyridine rings is 1. The molecule has 1 aliphatic heterocycles. The number of rotatable bonds is 6. The van der Waals surface area contributed by atoms with Crippen molar-refractivity contribution in [3.05, 3.63) is 102 Å². The fraction of sp³-hybridized carbons (Fsp3) is 0.185. The predicted octanol–water partition coefficient (Wildman–Crippen LogP) is 4.87. The monoisotopic (exact) mass is 503 g/mol. The molecule has 4 aromatic rings. The normalized spacial score (nSPS) is 16.6. The summed E-state index contributed by atoms with van der Waals surface area (Å²) in [7, 11) is -3.79. The predicted molar refractivity (Wildman–Crippen MR) is 138 cm³/mol. The van der Waals surface area contributed by atoms with E-state index in [0.29, 0.717) is 6.54 Å². The van der Waals surface area contributed by atoms with E-state index in [-0.39, 0.29) is 23.1 Å². The Bertz CT molecular complexity index is 1460. The number of sulfonamides is 1. The lowest BCUT2D eigenvalue weighted by molar-refractivity contribution is -0.130. The minimum Gasteiger partial charge on any atom is -0.320 e. The molecule has 1 aromatic heterocycles. The molecular weight excluding hydrogens is 478 g/mol. The molecule has 2 heterocycles. The third kappa shape index (κ3) is 4.82. The zero-order valence-corrected chi connectivity index (χ0v) is 20.9. The molecule has 1 amide bonds. The van der Waals surface area contributed by atoms with Gasteiger partial charge in [-0.05, 0) is 36.8 Å². The number of aromatic nitrogens is 1. The van der Waals surface area contributed by atoms with Crippen molar-refractivity contribution in [2.45, 2.75) is 23.0 Å². The van der Waals surface area contributed by atoms with E-state index in [9.17, 15) is 13.2 Å². The van der Waals surface area contributed by atoms with Crippen LogP contribution in [0.5, 0.6) is 0 Å². The average molecular weight is 504 g/mol. The summed E-state index contributed by atoms with van der Waals surface area (Å²) >= 11 is 1.36. The lowest BCUT2D eigenvalue weighted by atomic mass is 10.1. The van der Waals surface area contributed by atoms with Crippen molar-refractivity contribution < 1.29 is 13.2 Å². The second-order valence-electron chi connectivity index (χ2n) is 8.43. The molecule has 0 N–H and O–H groups in total. The molecule has 1 aliphatic rings. The number of fused-ring (bicyclic) bond motifs is 1. The highest BCUT2D eigenvalue weighted by atomic mass is 32.2. The fourth-order valence-electron chi connectivity index (χ4n) is 4.28. The first-order valence-corrected chi connectivity index (χ1v) is 13.8. The van der Waals surface area contributed by atoms with E-state index in [1.165, 1.54) is 16.1 Å². The summed E-state index contributed by atoms with van der Waals surface area (Å²) in [5, 5.41) is 1.81. The van der Waals surface area contributed by atoms with Crippen LogP contribution in [-0.2, 0) is 14.8 Å². The third-order valence-electron chi connectivity index (χ3n) is 6.09. The van der Waals surface area contributed by atoms with Gasteiger partial charge < -0.3 is 4.90 Å². The molecule has 0 unspecified atom stereocenters. The van der Waals surface area contributed by atoms with Gasteiger partial charge in [-0.2, -0.15) is 4.31 Å². The molecule has 0 aliphatic carbocycles. The van der Waals surface area contributed by atoms with Crippen LogP contribution < -0.4 is 0 Å². The summed E-state index contributed by atoms with van der Waals surface area (Å²) in [6.07, 6.45) is -0.694. The molecule has 0 spiro atoms. The summed E-state index contributed by atoms with van der Waals surface area (Å²) in [4.78, 5) is 19.9. The maximum Gasteiger partial charge on any atom is 0.245 e. The highest BCUT2D eigenvalue weighted by molar-refractivity contribution is 7.99. The van der Waals surface area contributed by atoms with Crippen molar-refractivity contribution in [3.63, 3.8) is 0 Å². The van der Waals surface area contributed by atoms with Gasteiger partial charge in [0.1, 0.15) is 6.17 Å². The average Bonchev–Trinajstić information content (AvgIpc) is 3.34. The van der Waals surface area contributed by atoms with E-state index in [2.05, 4.69) is 4.98 Å². The number of carbonyl (C=O) groups excluding carboxylic acids is 1. The standard InChI is InChI=1S/C27H25N3O3S2/c1-20-11-14-23(15-12-20)35(32,33)30-18-17-29(27(30)22-8-3-2-4-9-22)26(31)19-34-25-16-13-21-7-5-6-10-24(21)28-25/h2-16,27H,17-19H2,1H3/t27-/m0/s1. The molecule has 1 fully saturated rings. The van der Waals surface area contributed by atoms with Crippen LogP contribution in [0, 0.1) is 6.92 Å². The van der Waals surface area contributed by atoms with Crippen molar-refractivity contribution in [1.29, 1.82) is 0 Å². The number of hydrogen-bond acceptors (Lipinski definition) is 5. The molecule has 1 atom stereocenters. The van der Waals surface area contributed by atoms with Crippen molar-refractivity contribution >= 4 is 38.6 Å². The first-order chi connectivity index (χ1) is 16.9. The maximum atomic E-state index is 13.6. The number of amides is 1. The molecule has 35 heavy (non-hydrogen) atoms. The number of para-hydroxylation sites is 1. The van der Waals surface area contributed by atoms with Crippen LogP contribution in [-0.4, -0.2) is 47.4 Å². The highest BCUT2D eigenvalue weighted by Crippen LogP contribution is 2.35. The van der Waals surface area contributed by atoms with Gasteiger partial charge in [0.2, 0.25) is 15.9 Å². The number of nitrogens with zero attached hydrogens (tertiary/aromatic N) is 3. The molecule has 8 heteroatoms. The number of aryl methyl sites for hydroxylation is 1. The topological polar surface area (TPSA) is 70.6 Å².